The lowest BCUT2D eigenvalue weighted by Gasteiger charge is -2.19. The first kappa shape index (κ1) is 25.2. The van der Waals surface area contributed by atoms with Crippen LogP contribution in [-0.2, 0) is 25.8 Å². The van der Waals surface area contributed by atoms with Crippen molar-refractivity contribution in [3.05, 3.63) is 114 Å². The van der Waals surface area contributed by atoms with E-state index in [1.54, 1.807) is 7.11 Å². The Labute approximate surface area is 230 Å². The number of H-pyrrole nitrogens is 2. The summed E-state index contributed by atoms with van der Waals surface area (Å²) in [6.07, 6.45) is 4.72. The summed E-state index contributed by atoms with van der Waals surface area (Å²) in [5.74, 6) is 2.15. The van der Waals surface area contributed by atoms with E-state index in [-0.39, 0.29) is 0 Å². The van der Waals surface area contributed by atoms with Gasteiger partial charge in [-0.1, -0.05) is 48.5 Å². The number of nitrogens with zero attached hydrogens (tertiary/aromatic N) is 3. The second-order valence-corrected chi connectivity index (χ2v) is 9.83. The number of benzene rings is 3. The summed E-state index contributed by atoms with van der Waals surface area (Å²) in [6, 6.07) is 23.5. The number of aromatic nitrogens is 5. The Morgan fingerprint density at radius 3 is 2.23 bits per heavy atom. The molecule has 4 N–H and O–H groups in total. The van der Waals surface area contributed by atoms with Crippen LogP contribution in [0.5, 0.6) is 5.75 Å². The minimum atomic E-state index is -1.11. The Balaban J connectivity index is 1.35. The Kier molecular flexibility index (Phi) is 6.93. The lowest BCUT2D eigenvalue weighted by atomic mass is 10.0. The van der Waals surface area contributed by atoms with E-state index in [9.17, 15) is 9.90 Å². The molecule has 3 aromatic carbocycles. The van der Waals surface area contributed by atoms with E-state index in [2.05, 4.69) is 37.6 Å². The van der Waals surface area contributed by atoms with Gasteiger partial charge in [0, 0.05) is 47.0 Å². The zero-order chi connectivity index (χ0) is 27.5. The maximum absolute atomic E-state index is 11.9. The first-order valence-electron chi connectivity index (χ1n) is 13.2. The van der Waals surface area contributed by atoms with Crippen molar-refractivity contribution in [2.45, 2.75) is 31.8 Å². The molecule has 9 nitrogen and oxygen atoms in total. The average Bonchev–Trinajstić information content (AvgIpc) is 3.69. The van der Waals surface area contributed by atoms with Crippen LogP contribution in [0.4, 0.5) is 4.79 Å². The van der Waals surface area contributed by atoms with Crippen molar-refractivity contribution in [1.82, 2.24) is 30.0 Å². The Hall–Kier alpha value is -5.05. The highest BCUT2D eigenvalue weighted by Crippen LogP contribution is 2.26. The van der Waals surface area contributed by atoms with Crippen LogP contribution in [-0.4, -0.2) is 43.0 Å². The Bertz CT molecular complexity index is 1770. The largest absolute Gasteiger partial charge is 0.497 e. The van der Waals surface area contributed by atoms with Gasteiger partial charge in [0.15, 0.2) is 5.82 Å². The van der Waals surface area contributed by atoms with Crippen LogP contribution in [0, 0.1) is 0 Å². The second-order valence-electron chi connectivity index (χ2n) is 9.83. The Morgan fingerprint density at radius 1 is 0.900 bits per heavy atom. The number of fused-ring (bicyclic) bond motifs is 2. The molecular weight excluding hydrogens is 504 g/mol. The van der Waals surface area contributed by atoms with Gasteiger partial charge in [-0.2, -0.15) is 0 Å². The standard InChI is InChI=1S/C31H30N6O3/c1-40-23-13-10-20(11-14-23)19-37-29(15-12-21-17-32-26-8-4-2-6-24(21)26)35-36-30(37)28(34-31(38)39)16-22-18-33-27-9-5-3-7-25(22)27/h2-11,13-14,17-18,28,32-34H,12,15-16,19H2,1H3,(H,38,39). The molecule has 0 aliphatic carbocycles. The number of hydrogen-bond acceptors (Lipinski definition) is 4. The smallest absolute Gasteiger partial charge is 0.405 e. The topological polar surface area (TPSA) is 121 Å². The normalized spacial score (nSPS) is 12.1. The van der Waals surface area contributed by atoms with Crippen molar-refractivity contribution >= 4 is 27.9 Å². The number of carboxylic acid groups (broad SMARTS) is 1. The van der Waals surface area contributed by atoms with Gasteiger partial charge in [0.25, 0.3) is 0 Å². The van der Waals surface area contributed by atoms with Crippen LogP contribution in [0.1, 0.15) is 34.4 Å². The number of hydrogen-bond donors (Lipinski definition) is 4. The average molecular weight is 535 g/mol. The molecule has 40 heavy (non-hydrogen) atoms. The molecule has 0 radical (unpaired) electrons. The molecule has 6 aromatic rings. The van der Waals surface area contributed by atoms with E-state index < -0.39 is 12.1 Å². The number of rotatable bonds is 10. The van der Waals surface area contributed by atoms with Crippen LogP contribution in [0.25, 0.3) is 21.8 Å². The summed E-state index contributed by atoms with van der Waals surface area (Å²) < 4.78 is 7.38. The zero-order valence-electron chi connectivity index (χ0n) is 22.1. The minimum Gasteiger partial charge on any atom is -0.497 e. The van der Waals surface area contributed by atoms with Crippen molar-refractivity contribution < 1.29 is 14.6 Å². The van der Waals surface area contributed by atoms with Crippen LogP contribution in [0.3, 0.4) is 0 Å². The highest BCUT2D eigenvalue weighted by atomic mass is 16.5. The number of aryl methyl sites for hydroxylation is 2. The third-order valence-electron chi connectivity index (χ3n) is 7.36. The lowest BCUT2D eigenvalue weighted by molar-refractivity contribution is 0.189. The quantitative estimate of drug-likeness (QED) is 0.181. The lowest BCUT2D eigenvalue weighted by Crippen LogP contribution is -2.31. The third kappa shape index (κ3) is 5.13. The summed E-state index contributed by atoms with van der Waals surface area (Å²) in [5, 5.41) is 23.9. The van der Waals surface area contributed by atoms with E-state index in [0.29, 0.717) is 25.2 Å². The van der Waals surface area contributed by atoms with Crippen molar-refractivity contribution in [3.63, 3.8) is 0 Å². The van der Waals surface area contributed by atoms with Crippen LogP contribution < -0.4 is 10.1 Å². The van der Waals surface area contributed by atoms with Gasteiger partial charge in [-0.3, -0.25) is 0 Å². The number of ether oxygens (including phenoxy) is 1. The van der Waals surface area contributed by atoms with Crippen LogP contribution in [0.15, 0.2) is 85.2 Å². The van der Waals surface area contributed by atoms with E-state index in [1.165, 1.54) is 10.9 Å². The summed E-state index contributed by atoms with van der Waals surface area (Å²) in [5.41, 5.74) is 5.35. The van der Waals surface area contributed by atoms with Gasteiger partial charge in [-0.05, 0) is 47.4 Å². The third-order valence-corrected chi connectivity index (χ3v) is 7.36. The predicted molar refractivity (Wildman–Crippen MR) is 154 cm³/mol. The summed E-state index contributed by atoms with van der Waals surface area (Å²) >= 11 is 0. The zero-order valence-corrected chi connectivity index (χ0v) is 22.1. The molecule has 0 saturated carbocycles. The maximum atomic E-state index is 11.9. The molecule has 9 heteroatoms. The first-order chi connectivity index (χ1) is 19.6. The fourth-order valence-corrected chi connectivity index (χ4v) is 5.34. The van der Waals surface area contributed by atoms with Gasteiger partial charge in [0.1, 0.15) is 11.6 Å². The van der Waals surface area contributed by atoms with Gasteiger partial charge in [0.05, 0.1) is 19.7 Å². The fourth-order valence-electron chi connectivity index (χ4n) is 5.34. The number of nitrogens with one attached hydrogen (secondary N) is 3. The van der Waals surface area contributed by atoms with E-state index >= 15 is 0 Å². The number of methoxy groups -OCH3 is 1. The molecule has 1 amide bonds. The molecule has 0 fully saturated rings. The molecule has 1 atom stereocenters. The molecular formula is C31H30N6O3. The maximum Gasteiger partial charge on any atom is 0.405 e. The SMILES string of the molecule is COc1ccc(Cn2c(CCc3c[nH]c4ccccc34)nnc2C(Cc2c[nH]c3ccccc23)NC(=O)O)cc1. The molecule has 3 heterocycles. The molecule has 0 aliphatic rings. The minimum absolute atomic E-state index is 0.430. The molecule has 202 valence electrons. The number of amides is 1. The summed E-state index contributed by atoms with van der Waals surface area (Å²) in [4.78, 5) is 18.6. The molecule has 6 rings (SSSR count). The fraction of sp³-hybridized carbons (Fsp3) is 0.194. The summed E-state index contributed by atoms with van der Waals surface area (Å²) in [7, 11) is 1.64. The number of carbonyl (C=O) groups is 1. The molecule has 3 aromatic heterocycles. The predicted octanol–water partition coefficient (Wildman–Crippen LogP) is 5.63. The molecule has 0 spiro atoms. The van der Waals surface area contributed by atoms with Crippen LogP contribution >= 0.6 is 0 Å². The molecule has 1 unspecified atom stereocenters. The molecule has 0 aliphatic heterocycles. The van der Waals surface area contributed by atoms with Gasteiger partial charge in [-0.25, -0.2) is 4.79 Å². The van der Waals surface area contributed by atoms with Crippen LogP contribution in [0.2, 0.25) is 0 Å². The van der Waals surface area contributed by atoms with Crippen molar-refractivity contribution in [3.8, 4) is 5.75 Å². The van der Waals surface area contributed by atoms with Crippen molar-refractivity contribution in [2.24, 2.45) is 0 Å². The monoisotopic (exact) mass is 534 g/mol. The van der Waals surface area contributed by atoms with Gasteiger partial charge < -0.3 is 29.7 Å². The van der Waals surface area contributed by atoms with Gasteiger partial charge in [0.2, 0.25) is 0 Å². The van der Waals surface area contributed by atoms with E-state index in [0.717, 1.165) is 45.5 Å². The van der Waals surface area contributed by atoms with E-state index in [4.69, 9.17) is 4.74 Å². The van der Waals surface area contributed by atoms with Crippen molar-refractivity contribution in [1.29, 1.82) is 0 Å². The van der Waals surface area contributed by atoms with E-state index in [1.807, 2.05) is 77.6 Å². The second kappa shape index (κ2) is 11.0. The first-order valence-corrected chi connectivity index (χ1v) is 13.2. The molecule has 0 bridgehead atoms. The number of aromatic amines is 2. The number of para-hydroxylation sites is 2. The highest BCUT2D eigenvalue weighted by molar-refractivity contribution is 5.83. The van der Waals surface area contributed by atoms with Gasteiger partial charge >= 0.3 is 6.09 Å². The molecule has 0 saturated heterocycles. The highest BCUT2D eigenvalue weighted by Gasteiger charge is 2.25. The van der Waals surface area contributed by atoms with Gasteiger partial charge in [-0.15, -0.1) is 10.2 Å². The van der Waals surface area contributed by atoms with Crippen molar-refractivity contribution in [2.75, 3.05) is 7.11 Å². The summed E-state index contributed by atoms with van der Waals surface area (Å²) in [6.45, 7) is 0.501. The Morgan fingerprint density at radius 2 is 1.55 bits per heavy atom.